The normalized spacial score (nSPS) is 13.1. The first-order valence-electron chi connectivity index (χ1n) is 12.6. The van der Waals surface area contributed by atoms with Gasteiger partial charge < -0.3 is 14.4 Å². The second-order valence-electron chi connectivity index (χ2n) is 9.39. The summed E-state index contributed by atoms with van der Waals surface area (Å²) in [5.74, 6) is 1.02. The number of rotatable bonds is 9. The van der Waals surface area contributed by atoms with Crippen LogP contribution in [0.4, 0.5) is 4.39 Å². The molecule has 1 aliphatic rings. The van der Waals surface area contributed by atoms with Crippen molar-refractivity contribution in [2.24, 2.45) is 0 Å². The standard InChI is InChI=1S/C30H31FN4O3/c1-33(30(36)21-38-24-8-4-3-5-9-24)20-26-25-19-34(18-22-12-14-23(31)15-13-22)17-16-27(25)35(32-26)28-10-6-7-11-29(28)37-2/h3-15H,16-21H2,1-2H3. The number of para-hydroxylation sites is 3. The number of methoxy groups -OCH3 is 1. The van der Waals surface area contributed by atoms with Gasteiger partial charge in [0.05, 0.1) is 25.0 Å². The summed E-state index contributed by atoms with van der Waals surface area (Å²) in [6.45, 7) is 2.53. The van der Waals surface area contributed by atoms with Crippen LogP contribution in [0.5, 0.6) is 11.5 Å². The van der Waals surface area contributed by atoms with Crippen molar-refractivity contribution in [3.05, 3.63) is 107 Å². The van der Waals surface area contributed by atoms with Gasteiger partial charge in [-0.2, -0.15) is 5.10 Å². The molecule has 5 rings (SSSR count). The van der Waals surface area contributed by atoms with Gasteiger partial charge in [0.15, 0.2) is 6.61 Å². The fourth-order valence-corrected chi connectivity index (χ4v) is 4.74. The molecular weight excluding hydrogens is 483 g/mol. The first-order valence-corrected chi connectivity index (χ1v) is 12.6. The molecule has 196 valence electrons. The lowest BCUT2D eigenvalue weighted by Crippen LogP contribution is -2.33. The minimum absolute atomic E-state index is 0.0490. The Labute approximate surface area is 222 Å². The summed E-state index contributed by atoms with van der Waals surface area (Å²) < 4.78 is 26.6. The molecule has 1 aliphatic heterocycles. The number of halogens is 1. The van der Waals surface area contributed by atoms with Gasteiger partial charge in [0, 0.05) is 38.7 Å². The summed E-state index contributed by atoms with van der Waals surface area (Å²) in [7, 11) is 3.42. The predicted octanol–water partition coefficient (Wildman–Crippen LogP) is 4.62. The van der Waals surface area contributed by atoms with E-state index in [2.05, 4.69) is 4.90 Å². The van der Waals surface area contributed by atoms with E-state index in [1.54, 1.807) is 19.1 Å². The maximum Gasteiger partial charge on any atom is 0.260 e. The molecule has 0 aliphatic carbocycles. The smallest absolute Gasteiger partial charge is 0.260 e. The summed E-state index contributed by atoms with van der Waals surface area (Å²) in [6, 6.07) is 23.7. The third-order valence-electron chi connectivity index (χ3n) is 6.77. The van der Waals surface area contributed by atoms with Crippen LogP contribution in [0.15, 0.2) is 78.9 Å². The van der Waals surface area contributed by atoms with Gasteiger partial charge in [-0.25, -0.2) is 9.07 Å². The van der Waals surface area contributed by atoms with Crippen molar-refractivity contribution >= 4 is 5.91 Å². The number of ether oxygens (including phenoxy) is 2. The molecule has 0 N–H and O–H groups in total. The van der Waals surface area contributed by atoms with Gasteiger partial charge in [0.2, 0.25) is 0 Å². The third-order valence-corrected chi connectivity index (χ3v) is 6.77. The largest absolute Gasteiger partial charge is 0.494 e. The lowest BCUT2D eigenvalue weighted by atomic mass is 10.0. The van der Waals surface area contributed by atoms with Gasteiger partial charge in [-0.1, -0.05) is 42.5 Å². The molecule has 0 unspecified atom stereocenters. The highest BCUT2D eigenvalue weighted by Gasteiger charge is 2.28. The molecule has 1 amide bonds. The number of fused-ring (bicyclic) bond motifs is 1. The Bertz CT molecular complexity index is 1390. The van der Waals surface area contributed by atoms with Crippen LogP contribution in [-0.4, -0.2) is 52.8 Å². The topological polar surface area (TPSA) is 59.8 Å². The van der Waals surface area contributed by atoms with E-state index in [1.807, 2.05) is 71.4 Å². The Morgan fingerprint density at radius 3 is 2.53 bits per heavy atom. The second-order valence-corrected chi connectivity index (χ2v) is 9.39. The molecule has 0 fully saturated rings. The van der Waals surface area contributed by atoms with Crippen LogP contribution in [0.3, 0.4) is 0 Å². The zero-order valence-corrected chi connectivity index (χ0v) is 21.6. The molecule has 7 nitrogen and oxygen atoms in total. The van der Waals surface area contributed by atoms with E-state index in [0.29, 0.717) is 25.4 Å². The van der Waals surface area contributed by atoms with Gasteiger partial charge >= 0.3 is 0 Å². The zero-order valence-electron chi connectivity index (χ0n) is 21.6. The van der Waals surface area contributed by atoms with Crippen LogP contribution in [0.2, 0.25) is 0 Å². The molecule has 0 bridgehead atoms. The Balaban J connectivity index is 1.39. The van der Waals surface area contributed by atoms with Crippen molar-refractivity contribution in [2.75, 3.05) is 27.3 Å². The molecule has 8 heteroatoms. The Morgan fingerprint density at radius 1 is 1.03 bits per heavy atom. The van der Waals surface area contributed by atoms with Crippen LogP contribution in [0, 0.1) is 5.82 Å². The minimum Gasteiger partial charge on any atom is -0.494 e. The number of carbonyl (C=O) groups excluding carboxylic acids is 1. The van der Waals surface area contributed by atoms with Crippen molar-refractivity contribution < 1.29 is 18.7 Å². The number of amides is 1. The molecule has 3 aromatic carbocycles. The fourth-order valence-electron chi connectivity index (χ4n) is 4.74. The number of carbonyl (C=O) groups is 1. The molecule has 38 heavy (non-hydrogen) atoms. The molecule has 0 saturated heterocycles. The summed E-state index contributed by atoms with van der Waals surface area (Å²) >= 11 is 0. The van der Waals surface area contributed by atoms with Gasteiger partial charge in [-0.3, -0.25) is 9.69 Å². The maximum atomic E-state index is 13.4. The SMILES string of the molecule is COc1ccccc1-n1nc(CN(C)C(=O)COc2ccccc2)c2c1CCN(Cc1ccc(F)cc1)C2. The highest BCUT2D eigenvalue weighted by atomic mass is 19.1. The van der Waals surface area contributed by atoms with Crippen molar-refractivity contribution in [1.29, 1.82) is 0 Å². The summed E-state index contributed by atoms with van der Waals surface area (Å²) in [4.78, 5) is 16.9. The first kappa shape index (κ1) is 25.5. The average molecular weight is 515 g/mol. The zero-order chi connectivity index (χ0) is 26.5. The molecular formula is C30H31FN4O3. The minimum atomic E-state index is -0.237. The van der Waals surface area contributed by atoms with E-state index >= 15 is 0 Å². The molecule has 0 spiro atoms. The van der Waals surface area contributed by atoms with E-state index in [1.165, 1.54) is 12.1 Å². The predicted molar refractivity (Wildman–Crippen MR) is 143 cm³/mol. The van der Waals surface area contributed by atoms with Crippen LogP contribution in [0.25, 0.3) is 5.69 Å². The Hall–Kier alpha value is -4.17. The van der Waals surface area contributed by atoms with Crippen LogP contribution in [-0.2, 0) is 30.8 Å². The number of nitrogens with zero attached hydrogens (tertiary/aromatic N) is 4. The summed E-state index contributed by atoms with van der Waals surface area (Å²) in [6.07, 6.45) is 0.788. The van der Waals surface area contributed by atoms with E-state index in [0.717, 1.165) is 46.9 Å². The lowest BCUT2D eigenvalue weighted by Gasteiger charge is -2.28. The molecule has 0 radical (unpaired) electrons. The van der Waals surface area contributed by atoms with Crippen molar-refractivity contribution in [2.45, 2.75) is 26.1 Å². The van der Waals surface area contributed by atoms with E-state index in [4.69, 9.17) is 14.6 Å². The fraction of sp³-hybridized carbons (Fsp3) is 0.267. The van der Waals surface area contributed by atoms with Crippen LogP contribution < -0.4 is 9.47 Å². The average Bonchev–Trinajstić information content (AvgIpc) is 3.30. The highest BCUT2D eigenvalue weighted by Crippen LogP contribution is 2.30. The van der Waals surface area contributed by atoms with Gasteiger partial charge in [-0.05, 0) is 42.0 Å². The van der Waals surface area contributed by atoms with Gasteiger partial charge in [0.25, 0.3) is 5.91 Å². The van der Waals surface area contributed by atoms with Crippen molar-refractivity contribution in [1.82, 2.24) is 19.6 Å². The van der Waals surface area contributed by atoms with E-state index in [-0.39, 0.29) is 18.3 Å². The highest BCUT2D eigenvalue weighted by molar-refractivity contribution is 5.77. The first-order chi connectivity index (χ1) is 18.5. The van der Waals surface area contributed by atoms with Crippen molar-refractivity contribution in [3.8, 4) is 17.2 Å². The molecule has 2 heterocycles. The van der Waals surface area contributed by atoms with Gasteiger partial charge in [0.1, 0.15) is 23.0 Å². The lowest BCUT2D eigenvalue weighted by molar-refractivity contribution is -0.132. The van der Waals surface area contributed by atoms with Crippen LogP contribution in [0.1, 0.15) is 22.5 Å². The van der Waals surface area contributed by atoms with Gasteiger partial charge in [-0.15, -0.1) is 0 Å². The number of hydrogen-bond acceptors (Lipinski definition) is 5. The number of aromatic nitrogens is 2. The number of likely N-dealkylation sites (N-methyl/N-ethyl adjacent to an activating group) is 1. The summed E-state index contributed by atoms with van der Waals surface area (Å²) in [5.41, 5.74) is 4.98. The quantitative estimate of drug-likeness (QED) is 0.326. The Kier molecular flexibility index (Phi) is 7.70. The number of benzene rings is 3. The number of hydrogen-bond donors (Lipinski definition) is 0. The molecule has 4 aromatic rings. The van der Waals surface area contributed by atoms with Crippen molar-refractivity contribution in [3.63, 3.8) is 0 Å². The molecule has 0 atom stereocenters. The monoisotopic (exact) mass is 514 g/mol. The van der Waals surface area contributed by atoms with E-state index in [9.17, 15) is 9.18 Å². The second kappa shape index (κ2) is 11.5. The van der Waals surface area contributed by atoms with Crippen LogP contribution >= 0.6 is 0 Å². The Morgan fingerprint density at radius 2 is 1.76 bits per heavy atom. The summed E-state index contributed by atoms with van der Waals surface area (Å²) in [5, 5.41) is 4.99. The molecule has 0 saturated carbocycles. The maximum absolute atomic E-state index is 13.4. The van der Waals surface area contributed by atoms with E-state index < -0.39 is 0 Å². The third kappa shape index (κ3) is 5.70. The molecule has 1 aromatic heterocycles.